The normalized spacial score (nSPS) is 36.2. The van der Waals surface area contributed by atoms with Gasteiger partial charge in [-0.2, -0.15) is 0 Å². The number of piperidine rings is 1. The van der Waals surface area contributed by atoms with Crippen molar-refractivity contribution >= 4 is 0 Å². The minimum Gasteiger partial charge on any atom is -0.344 e. The quantitative estimate of drug-likeness (QED) is 0.660. The van der Waals surface area contributed by atoms with Crippen LogP contribution in [0.3, 0.4) is 0 Å². The van der Waals surface area contributed by atoms with Gasteiger partial charge >= 0.3 is 0 Å². The molecule has 0 radical (unpaired) electrons. The van der Waals surface area contributed by atoms with Crippen molar-refractivity contribution in [3.63, 3.8) is 0 Å². The lowest BCUT2D eigenvalue weighted by Crippen LogP contribution is -2.66. The fourth-order valence-electron chi connectivity index (χ4n) is 2.93. The molecule has 2 nitrogen and oxygen atoms in total. The highest BCUT2D eigenvalue weighted by Gasteiger charge is 2.45. The molecule has 0 aromatic heterocycles. The molecule has 2 unspecified atom stereocenters. The van der Waals surface area contributed by atoms with E-state index in [-0.39, 0.29) is 6.15 Å². The van der Waals surface area contributed by atoms with Crippen molar-refractivity contribution in [2.45, 2.75) is 69.9 Å². The first-order valence-electron chi connectivity index (χ1n) is 5.62. The van der Waals surface area contributed by atoms with Gasteiger partial charge in [0.1, 0.15) is 0 Å². The summed E-state index contributed by atoms with van der Waals surface area (Å²) in [6.07, 6.45) is 11.5. The van der Waals surface area contributed by atoms with Gasteiger partial charge in [-0.05, 0) is 25.7 Å². The second-order valence-electron chi connectivity index (χ2n) is 4.68. The molecule has 2 heteroatoms. The maximum Gasteiger partial charge on any atom is 0.0198 e. The molecule has 78 valence electrons. The first-order chi connectivity index (χ1) is 5.85. The molecule has 13 heavy (non-hydrogen) atoms. The molecule has 3 fully saturated rings. The molecule has 2 atom stereocenters. The summed E-state index contributed by atoms with van der Waals surface area (Å²) in [5, 5.41) is 3.75. The lowest BCUT2D eigenvalue weighted by atomic mass is 9.68. The molecule has 2 saturated heterocycles. The van der Waals surface area contributed by atoms with Crippen LogP contribution >= 0.6 is 0 Å². The second kappa shape index (κ2) is 4.43. The van der Waals surface area contributed by atoms with E-state index < -0.39 is 0 Å². The van der Waals surface area contributed by atoms with Crippen molar-refractivity contribution < 1.29 is 0 Å². The zero-order valence-electron chi connectivity index (χ0n) is 8.94. The van der Waals surface area contributed by atoms with E-state index in [1.54, 1.807) is 0 Å². The third-order valence-corrected chi connectivity index (χ3v) is 3.61. The van der Waals surface area contributed by atoms with Gasteiger partial charge in [0.2, 0.25) is 0 Å². The fraction of sp³-hybridized carbons (Fsp3) is 1.00. The van der Waals surface area contributed by atoms with Crippen LogP contribution in [-0.2, 0) is 0 Å². The van der Waals surface area contributed by atoms with Crippen LogP contribution in [0.2, 0.25) is 0 Å². The summed E-state index contributed by atoms with van der Waals surface area (Å²) >= 11 is 0. The van der Waals surface area contributed by atoms with E-state index in [1.165, 1.54) is 51.4 Å². The van der Waals surface area contributed by atoms with Crippen LogP contribution in [0.1, 0.15) is 58.3 Å². The SMILES string of the molecule is CCCCCC12CCCC(C1)N2.N. The minimum atomic E-state index is 0. The standard InChI is InChI=1S/C11H21N.H3N/c1-2-3-4-7-11-8-5-6-10(9-11)12-11;/h10,12H,2-9H2,1H3;1H3. The predicted octanol–water partition coefficient (Wildman–Crippen LogP) is 3.01. The Kier molecular flexibility index (Phi) is 3.74. The Balaban J connectivity index is 0.000000845. The largest absolute Gasteiger partial charge is 0.344 e. The van der Waals surface area contributed by atoms with Crippen LogP contribution in [0.5, 0.6) is 0 Å². The average molecular weight is 184 g/mol. The van der Waals surface area contributed by atoms with Crippen LogP contribution in [-0.4, -0.2) is 11.6 Å². The molecule has 0 aromatic carbocycles. The molecule has 3 rings (SSSR count). The van der Waals surface area contributed by atoms with Gasteiger partial charge in [-0.1, -0.05) is 32.6 Å². The van der Waals surface area contributed by atoms with Gasteiger partial charge in [-0.25, -0.2) is 0 Å². The molecule has 2 bridgehead atoms. The summed E-state index contributed by atoms with van der Waals surface area (Å²) in [7, 11) is 0. The molecule has 0 spiro atoms. The summed E-state index contributed by atoms with van der Waals surface area (Å²) in [5.41, 5.74) is 0.623. The number of fused-ring (bicyclic) bond motifs is 2. The molecule has 2 aliphatic heterocycles. The molecule has 2 heterocycles. The Bertz CT molecular complexity index is 145. The Morgan fingerprint density at radius 3 is 2.69 bits per heavy atom. The van der Waals surface area contributed by atoms with Crippen LogP contribution in [0, 0.1) is 0 Å². The summed E-state index contributed by atoms with van der Waals surface area (Å²) in [6, 6.07) is 0.903. The van der Waals surface area contributed by atoms with Crippen molar-refractivity contribution in [1.82, 2.24) is 11.5 Å². The number of nitrogens with one attached hydrogen (secondary N) is 1. The molecule has 4 N–H and O–H groups in total. The highest BCUT2D eigenvalue weighted by atomic mass is 15.1. The molecular weight excluding hydrogens is 160 g/mol. The fourth-order valence-corrected chi connectivity index (χ4v) is 2.93. The van der Waals surface area contributed by atoms with Crippen LogP contribution in [0.15, 0.2) is 0 Å². The van der Waals surface area contributed by atoms with Crippen molar-refractivity contribution in [3.8, 4) is 0 Å². The maximum absolute atomic E-state index is 3.75. The average Bonchev–Trinajstić information content (AvgIpc) is 2.04. The first kappa shape index (κ1) is 11.0. The van der Waals surface area contributed by atoms with E-state index in [0.29, 0.717) is 5.54 Å². The van der Waals surface area contributed by atoms with Crippen LogP contribution < -0.4 is 11.5 Å². The highest BCUT2D eigenvalue weighted by Crippen LogP contribution is 2.41. The molecule has 3 aliphatic rings. The number of unbranched alkanes of at least 4 members (excludes halogenated alkanes) is 2. The number of hydrogen-bond donors (Lipinski definition) is 2. The zero-order chi connectivity index (χ0) is 8.44. The maximum atomic E-state index is 3.75. The zero-order valence-corrected chi connectivity index (χ0v) is 8.94. The first-order valence-corrected chi connectivity index (χ1v) is 5.62. The summed E-state index contributed by atoms with van der Waals surface area (Å²) in [6.45, 7) is 2.29. The Morgan fingerprint density at radius 1 is 1.38 bits per heavy atom. The Hall–Kier alpha value is -0.0800. The van der Waals surface area contributed by atoms with E-state index in [0.717, 1.165) is 6.04 Å². The van der Waals surface area contributed by atoms with Crippen LogP contribution in [0.4, 0.5) is 0 Å². The number of hydrogen-bond acceptors (Lipinski definition) is 2. The van der Waals surface area contributed by atoms with Crippen molar-refractivity contribution in [2.75, 3.05) is 0 Å². The van der Waals surface area contributed by atoms with E-state index in [4.69, 9.17) is 0 Å². The lowest BCUT2D eigenvalue weighted by molar-refractivity contribution is 0.0603. The number of rotatable bonds is 4. The summed E-state index contributed by atoms with van der Waals surface area (Å²) in [5.74, 6) is 0. The minimum absolute atomic E-state index is 0. The molecule has 1 aliphatic carbocycles. The van der Waals surface area contributed by atoms with Crippen molar-refractivity contribution in [2.24, 2.45) is 0 Å². The molecule has 0 amide bonds. The van der Waals surface area contributed by atoms with E-state index in [1.807, 2.05) is 0 Å². The third kappa shape index (κ3) is 2.23. The summed E-state index contributed by atoms with van der Waals surface area (Å²) in [4.78, 5) is 0. The van der Waals surface area contributed by atoms with Gasteiger partial charge in [0.15, 0.2) is 0 Å². The smallest absolute Gasteiger partial charge is 0.0198 e. The van der Waals surface area contributed by atoms with Gasteiger partial charge in [-0.15, -0.1) is 0 Å². The Labute approximate surface area is 82.1 Å². The molecule has 1 saturated carbocycles. The van der Waals surface area contributed by atoms with Gasteiger partial charge in [0, 0.05) is 11.6 Å². The second-order valence-corrected chi connectivity index (χ2v) is 4.68. The monoisotopic (exact) mass is 184 g/mol. The van der Waals surface area contributed by atoms with Gasteiger partial charge < -0.3 is 11.5 Å². The molecule has 0 aromatic rings. The lowest BCUT2D eigenvalue weighted by Gasteiger charge is -2.54. The van der Waals surface area contributed by atoms with Crippen LogP contribution in [0.25, 0.3) is 0 Å². The van der Waals surface area contributed by atoms with E-state index in [9.17, 15) is 0 Å². The van der Waals surface area contributed by atoms with Crippen molar-refractivity contribution in [1.29, 1.82) is 0 Å². The third-order valence-electron chi connectivity index (χ3n) is 3.61. The van der Waals surface area contributed by atoms with Gasteiger partial charge in [0.05, 0.1) is 0 Å². The summed E-state index contributed by atoms with van der Waals surface area (Å²) < 4.78 is 0. The Morgan fingerprint density at radius 2 is 2.15 bits per heavy atom. The predicted molar refractivity (Wildman–Crippen MR) is 57.3 cm³/mol. The molecular formula is C11H24N2. The van der Waals surface area contributed by atoms with E-state index in [2.05, 4.69) is 12.2 Å². The highest BCUT2D eigenvalue weighted by molar-refractivity contribution is 5.06. The van der Waals surface area contributed by atoms with E-state index >= 15 is 0 Å². The van der Waals surface area contributed by atoms with Gasteiger partial charge in [-0.3, -0.25) is 0 Å². The van der Waals surface area contributed by atoms with Crippen molar-refractivity contribution in [3.05, 3.63) is 0 Å². The topological polar surface area (TPSA) is 47.0 Å². The van der Waals surface area contributed by atoms with Gasteiger partial charge in [0.25, 0.3) is 0 Å².